The molecule has 2 rings (SSSR count). The lowest BCUT2D eigenvalue weighted by Crippen LogP contribution is -2.27. The van der Waals surface area contributed by atoms with Crippen molar-refractivity contribution in [1.29, 1.82) is 0 Å². The Kier molecular flexibility index (Phi) is 3.78. The van der Waals surface area contributed by atoms with E-state index < -0.39 is 0 Å². The minimum absolute atomic E-state index is 0.747. The van der Waals surface area contributed by atoms with Gasteiger partial charge in [0.2, 0.25) is 0 Å². The van der Waals surface area contributed by atoms with E-state index in [1.54, 1.807) is 0 Å². The summed E-state index contributed by atoms with van der Waals surface area (Å²) in [4.78, 5) is 7.16. The Bertz CT molecular complexity index is 334. The second kappa shape index (κ2) is 5.30. The van der Waals surface area contributed by atoms with Crippen LogP contribution < -0.4 is 10.2 Å². The molecular formula is C13H21N3. The van der Waals surface area contributed by atoms with E-state index in [-0.39, 0.29) is 0 Å². The van der Waals surface area contributed by atoms with Crippen LogP contribution in [0.1, 0.15) is 31.9 Å². The van der Waals surface area contributed by atoms with Gasteiger partial charge in [0, 0.05) is 19.1 Å². The lowest BCUT2D eigenvalue weighted by atomic mass is 10.3. The molecule has 0 saturated heterocycles. The molecule has 0 radical (unpaired) electrons. The highest BCUT2D eigenvalue weighted by molar-refractivity contribution is 5.42. The molecule has 1 aliphatic rings. The van der Waals surface area contributed by atoms with Crippen LogP contribution in [0.3, 0.4) is 0 Å². The summed E-state index contributed by atoms with van der Waals surface area (Å²) < 4.78 is 0. The molecule has 1 fully saturated rings. The number of hydrogen-bond donors (Lipinski definition) is 1. The fourth-order valence-electron chi connectivity index (χ4n) is 2.02. The van der Waals surface area contributed by atoms with Crippen molar-refractivity contribution in [3.05, 3.63) is 23.9 Å². The molecule has 16 heavy (non-hydrogen) atoms. The summed E-state index contributed by atoms with van der Waals surface area (Å²) in [5.74, 6) is 1.15. The van der Waals surface area contributed by atoms with Crippen molar-refractivity contribution < 1.29 is 0 Å². The van der Waals surface area contributed by atoms with Crippen LogP contribution >= 0.6 is 0 Å². The van der Waals surface area contributed by atoms with Gasteiger partial charge in [0.15, 0.2) is 0 Å². The molecular weight excluding hydrogens is 198 g/mol. The monoisotopic (exact) mass is 219 g/mol. The standard InChI is InChI=1S/C13H21N3/c1-3-9-16(12-7-8-12)13-6-4-5-11(15-13)10-14-2/h4-6,12,14H,3,7-10H2,1-2H3. The third-order valence-electron chi connectivity index (χ3n) is 2.90. The van der Waals surface area contributed by atoms with Crippen molar-refractivity contribution >= 4 is 5.82 Å². The highest BCUT2D eigenvalue weighted by atomic mass is 15.2. The topological polar surface area (TPSA) is 28.2 Å². The summed E-state index contributed by atoms with van der Waals surface area (Å²) >= 11 is 0. The first-order chi connectivity index (χ1) is 7.85. The molecule has 3 heteroatoms. The maximum atomic E-state index is 4.71. The molecule has 0 bridgehead atoms. The van der Waals surface area contributed by atoms with Gasteiger partial charge in [0.05, 0.1) is 5.69 Å². The lowest BCUT2D eigenvalue weighted by Gasteiger charge is -2.23. The van der Waals surface area contributed by atoms with Crippen molar-refractivity contribution in [3.63, 3.8) is 0 Å². The van der Waals surface area contributed by atoms with Crippen molar-refractivity contribution in [1.82, 2.24) is 10.3 Å². The third kappa shape index (κ3) is 2.73. The maximum Gasteiger partial charge on any atom is 0.129 e. The van der Waals surface area contributed by atoms with Gasteiger partial charge in [-0.25, -0.2) is 4.98 Å². The Morgan fingerprint density at radius 2 is 2.25 bits per heavy atom. The molecule has 1 aromatic rings. The number of rotatable bonds is 6. The Balaban J connectivity index is 2.12. The minimum atomic E-state index is 0.747. The summed E-state index contributed by atoms with van der Waals surface area (Å²) in [5, 5.41) is 3.15. The van der Waals surface area contributed by atoms with Crippen molar-refractivity contribution in [2.24, 2.45) is 0 Å². The molecule has 0 atom stereocenters. The third-order valence-corrected chi connectivity index (χ3v) is 2.90. The van der Waals surface area contributed by atoms with Crippen molar-refractivity contribution in [2.45, 2.75) is 38.8 Å². The number of hydrogen-bond acceptors (Lipinski definition) is 3. The van der Waals surface area contributed by atoms with Crippen LogP contribution in [0.2, 0.25) is 0 Å². The number of pyridine rings is 1. The van der Waals surface area contributed by atoms with Gasteiger partial charge in [-0.3, -0.25) is 0 Å². The lowest BCUT2D eigenvalue weighted by molar-refractivity contribution is 0.736. The van der Waals surface area contributed by atoms with Crippen LogP contribution in [-0.4, -0.2) is 24.6 Å². The molecule has 88 valence electrons. The highest BCUT2D eigenvalue weighted by Gasteiger charge is 2.29. The zero-order valence-corrected chi connectivity index (χ0v) is 10.2. The predicted octanol–water partition coefficient (Wildman–Crippen LogP) is 2.18. The fourth-order valence-corrected chi connectivity index (χ4v) is 2.02. The van der Waals surface area contributed by atoms with Gasteiger partial charge in [0.1, 0.15) is 5.82 Å². The van der Waals surface area contributed by atoms with E-state index in [0.717, 1.165) is 30.6 Å². The predicted molar refractivity (Wildman–Crippen MR) is 67.7 cm³/mol. The van der Waals surface area contributed by atoms with Gasteiger partial charge in [-0.15, -0.1) is 0 Å². The average Bonchev–Trinajstić information content (AvgIpc) is 3.11. The first-order valence-corrected chi connectivity index (χ1v) is 6.22. The number of anilines is 1. The summed E-state index contributed by atoms with van der Waals surface area (Å²) in [6.45, 7) is 4.20. The van der Waals surface area contributed by atoms with E-state index >= 15 is 0 Å². The van der Waals surface area contributed by atoms with Crippen molar-refractivity contribution in [2.75, 3.05) is 18.5 Å². The molecule has 0 aliphatic heterocycles. The van der Waals surface area contributed by atoms with Crippen LogP contribution in [-0.2, 0) is 6.54 Å². The zero-order chi connectivity index (χ0) is 11.4. The zero-order valence-electron chi connectivity index (χ0n) is 10.2. The van der Waals surface area contributed by atoms with E-state index in [1.165, 1.54) is 19.3 Å². The smallest absolute Gasteiger partial charge is 0.129 e. The maximum absolute atomic E-state index is 4.71. The highest BCUT2D eigenvalue weighted by Crippen LogP contribution is 2.30. The van der Waals surface area contributed by atoms with Gasteiger partial charge < -0.3 is 10.2 Å². The van der Waals surface area contributed by atoms with E-state index in [4.69, 9.17) is 4.98 Å². The van der Waals surface area contributed by atoms with Gasteiger partial charge in [-0.1, -0.05) is 13.0 Å². The van der Waals surface area contributed by atoms with Gasteiger partial charge in [-0.05, 0) is 38.4 Å². The molecule has 1 aromatic heterocycles. The van der Waals surface area contributed by atoms with Crippen LogP contribution in [0.4, 0.5) is 5.82 Å². The minimum Gasteiger partial charge on any atom is -0.354 e. The van der Waals surface area contributed by atoms with Gasteiger partial charge in [0.25, 0.3) is 0 Å². The summed E-state index contributed by atoms with van der Waals surface area (Å²) in [5.41, 5.74) is 1.13. The Hall–Kier alpha value is -1.09. The summed E-state index contributed by atoms with van der Waals surface area (Å²) in [7, 11) is 1.96. The SMILES string of the molecule is CCCN(c1cccc(CNC)n1)C1CC1. The molecule has 0 spiro atoms. The molecule has 0 aromatic carbocycles. The molecule has 1 aliphatic carbocycles. The molecule has 1 N–H and O–H groups in total. The molecule has 3 nitrogen and oxygen atoms in total. The molecule has 1 saturated carbocycles. The Labute approximate surface area is 97.9 Å². The van der Waals surface area contributed by atoms with E-state index in [2.05, 4.69) is 35.3 Å². The second-order valence-corrected chi connectivity index (χ2v) is 4.44. The van der Waals surface area contributed by atoms with Crippen molar-refractivity contribution in [3.8, 4) is 0 Å². The molecule has 1 heterocycles. The van der Waals surface area contributed by atoms with Crippen LogP contribution in [0.15, 0.2) is 18.2 Å². The summed E-state index contributed by atoms with van der Waals surface area (Å²) in [6, 6.07) is 7.07. The first kappa shape index (κ1) is 11.4. The van der Waals surface area contributed by atoms with Gasteiger partial charge in [-0.2, -0.15) is 0 Å². The van der Waals surface area contributed by atoms with E-state index in [0.29, 0.717) is 0 Å². The quantitative estimate of drug-likeness (QED) is 0.795. The summed E-state index contributed by atoms with van der Waals surface area (Å²) in [6.07, 6.45) is 3.85. The fraction of sp³-hybridized carbons (Fsp3) is 0.615. The first-order valence-electron chi connectivity index (χ1n) is 6.22. The van der Waals surface area contributed by atoms with Crippen LogP contribution in [0.25, 0.3) is 0 Å². The molecule has 0 amide bonds. The van der Waals surface area contributed by atoms with Crippen LogP contribution in [0, 0.1) is 0 Å². The number of nitrogens with zero attached hydrogens (tertiary/aromatic N) is 2. The van der Waals surface area contributed by atoms with E-state index in [9.17, 15) is 0 Å². The number of aromatic nitrogens is 1. The Morgan fingerprint density at radius 3 is 2.88 bits per heavy atom. The van der Waals surface area contributed by atoms with Crippen LogP contribution in [0.5, 0.6) is 0 Å². The Morgan fingerprint density at radius 1 is 1.44 bits per heavy atom. The number of nitrogens with one attached hydrogen (secondary N) is 1. The average molecular weight is 219 g/mol. The molecule has 0 unspecified atom stereocenters. The normalized spacial score (nSPS) is 15.1. The van der Waals surface area contributed by atoms with E-state index in [1.807, 2.05) is 7.05 Å². The van der Waals surface area contributed by atoms with Gasteiger partial charge >= 0.3 is 0 Å². The second-order valence-electron chi connectivity index (χ2n) is 4.44. The largest absolute Gasteiger partial charge is 0.354 e.